The van der Waals surface area contributed by atoms with Crippen LogP contribution in [0.4, 0.5) is 0 Å². The number of aromatic amines is 1. The maximum Gasteiger partial charge on any atom is 0.240 e. The van der Waals surface area contributed by atoms with Crippen LogP contribution < -0.4 is 10.5 Å². The van der Waals surface area contributed by atoms with E-state index < -0.39 is 29.7 Å². The van der Waals surface area contributed by atoms with E-state index >= 15 is 0 Å². The Hall–Kier alpha value is -2.67. The van der Waals surface area contributed by atoms with Crippen molar-refractivity contribution in [2.45, 2.75) is 28.6 Å². The number of nitrogens with zero attached hydrogens (tertiary/aromatic N) is 3. The molecule has 0 spiro atoms. The highest BCUT2D eigenvalue weighted by Crippen LogP contribution is 2.39. The molecule has 12 heteroatoms. The summed E-state index contributed by atoms with van der Waals surface area (Å²) in [5.41, 5.74) is 2.32. The number of benzene rings is 2. The Kier molecular flexibility index (Phi) is 5.64. The summed E-state index contributed by atoms with van der Waals surface area (Å²) in [5.74, 6) is 0.395. The molecule has 4 rings (SSSR count). The first kappa shape index (κ1) is 21.6. The summed E-state index contributed by atoms with van der Waals surface area (Å²) in [7, 11) is -8.34. The molecule has 1 aliphatic rings. The van der Waals surface area contributed by atoms with Crippen LogP contribution >= 0.6 is 0 Å². The topological polar surface area (TPSA) is 161 Å². The molecule has 3 aromatic rings. The number of nitrogens with two attached hydrogens (primary N) is 1. The van der Waals surface area contributed by atoms with Crippen LogP contribution in [0.15, 0.2) is 46.2 Å². The van der Waals surface area contributed by atoms with Crippen LogP contribution in [0.5, 0.6) is 0 Å². The minimum atomic E-state index is -4.44. The maximum absolute atomic E-state index is 12.5. The Labute approximate surface area is 180 Å². The molecular formula is C19H22N6O4S2. The van der Waals surface area contributed by atoms with Gasteiger partial charge in [-0.15, -0.1) is 10.2 Å². The van der Waals surface area contributed by atoms with Crippen LogP contribution in [0.2, 0.25) is 0 Å². The second kappa shape index (κ2) is 8.11. The number of primary sulfonamides is 1. The molecule has 0 atom stereocenters. The number of rotatable bonds is 5. The average molecular weight is 463 g/mol. The number of nitrogens with one attached hydrogen (secondary N) is 2. The first-order valence-corrected chi connectivity index (χ1v) is 13.0. The van der Waals surface area contributed by atoms with Crippen molar-refractivity contribution in [3.63, 3.8) is 0 Å². The standard InChI is InChI=1S/C19H22N6O4S2/c1-30(26,27)16-7-6-15(17(18(16)31(20,28)29)19-22-24-25-23-19)14-4-2-12(3-5-14)13-8-10-21-11-9-13/h2-7,13,21H,8-11H2,1H3,(H2,20,28,29)(H,22,23,24,25). The third-order valence-electron chi connectivity index (χ3n) is 5.41. The van der Waals surface area contributed by atoms with Gasteiger partial charge in [-0.3, -0.25) is 0 Å². The fraction of sp³-hybridized carbons (Fsp3) is 0.316. The minimum absolute atomic E-state index is 0.00575. The van der Waals surface area contributed by atoms with E-state index in [1.54, 1.807) is 0 Å². The molecule has 0 amide bonds. The molecule has 1 aliphatic heterocycles. The summed E-state index contributed by atoms with van der Waals surface area (Å²) in [5, 5.41) is 22.3. The largest absolute Gasteiger partial charge is 0.317 e. The van der Waals surface area contributed by atoms with Gasteiger partial charge in [-0.25, -0.2) is 22.0 Å². The summed E-state index contributed by atoms with van der Waals surface area (Å²) >= 11 is 0. The summed E-state index contributed by atoms with van der Waals surface area (Å²) in [4.78, 5) is -0.957. The predicted molar refractivity (Wildman–Crippen MR) is 114 cm³/mol. The van der Waals surface area contributed by atoms with Crippen molar-refractivity contribution in [3.8, 4) is 22.5 Å². The molecule has 1 aromatic heterocycles. The molecule has 0 bridgehead atoms. The van der Waals surface area contributed by atoms with Gasteiger partial charge in [0, 0.05) is 6.26 Å². The molecular weight excluding hydrogens is 440 g/mol. The van der Waals surface area contributed by atoms with Gasteiger partial charge < -0.3 is 5.32 Å². The lowest BCUT2D eigenvalue weighted by Gasteiger charge is -2.23. The van der Waals surface area contributed by atoms with Gasteiger partial charge in [-0.1, -0.05) is 30.3 Å². The van der Waals surface area contributed by atoms with Gasteiger partial charge in [0.15, 0.2) is 9.84 Å². The Morgan fingerprint density at radius 2 is 1.68 bits per heavy atom. The number of aromatic nitrogens is 4. The highest BCUT2D eigenvalue weighted by molar-refractivity contribution is 7.93. The molecule has 0 saturated carbocycles. The van der Waals surface area contributed by atoms with Crippen molar-refractivity contribution < 1.29 is 16.8 Å². The summed E-state index contributed by atoms with van der Waals surface area (Å²) in [6.07, 6.45) is 3.02. The van der Waals surface area contributed by atoms with Crippen LogP contribution in [-0.4, -0.2) is 56.8 Å². The zero-order valence-electron chi connectivity index (χ0n) is 16.7. The molecule has 0 radical (unpaired) electrons. The van der Waals surface area contributed by atoms with Crippen molar-refractivity contribution >= 4 is 19.9 Å². The second-order valence-electron chi connectivity index (χ2n) is 7.51. The van der Waals surface area contributed by atoms with Gasteiger partial charge in [-0.05, 0) is 59.8 Å². The molecule has 2 heterocycles. The number of hydrogen-bond acceptors (Lipinski definition) is 8. The van der Waals surface area contributed by atoms with Gasteiger partial charge >= 0.3 is 0 Å². The van der Waals surface area contributed by atoms with Crippen molar-refractivity contribution in [1.82, 2.24) is 25.9 Å². The van der Waals surface area contributed by atoms with E-state index in [2.05, 4.69) is 25.9 Å². The molecule has 0 unspecified atom stereocenters. The minimum Gasteiger partial charge on any atom is -0.317 e. The van der Waals surface area contributed by atoms with Gasteiger partial charge in [0.2, 0.25) is 15.8 Å². The third-order valence-corrected chi connectivity index (χ3v) is 7.67. The van der Waals surface area contributed by atoms with Gasteiger partial charge in [-0.2, -0.15) is 5.21 Å². The Balaban J connectivity index is 1.93. The number of sulfone groups is 1. The van der Waals surface area contributed by atoms with Crippen molar-refractivity contribution in [3.05, 3.63) is 42.0 Å². The molecule has 2 aromatic carbocycles. The number of hydrogen-bond donors (Lipinski definition) is 3. The number of piperidine rings is 1. The van der Waals surface area contributed by atoms with Crippen LogP contribution in [0.25, 0.3) is 22.5 Å². The number of tetrazole rings is 1. The summed E-state index contributed by atoms with van der Waals surface area (Å²) in [6, 6.07) is 10.6. The van der Waals surface area contributed by atoms with E-state index in [1.807, 2.05) is 24.3 Å². The van der Waals surface area contributed by atoms with E-state index in [-0.39, 0.29) is 11.4 Å². The molecule has 1 fully saturated rings. The fourth-order valence-corrected chi connectivity index (χ4v) is 6.35. The number of sulfonamides is 1. The molecule has 4 N–H and O–H groups in total. The zero-order chi connectivity index (χ0) is 22.2. The molecule has 1 saturated heterocycles. The van der Waals surface area contributed by atoms with Crippen LogP contribution in [0.3, 0.4) is 0 Å². The lowest BCUT2D eigenvalue weighted by Crippen LogP contribution is -2.26. The van der Waals surface area contributed by atoms with Crippen molar-refractivity contribution in [1.29, 1.82) is 0 Å². The van der Waals surface area contributed by atoms with Crippen LogP contribution in [-0.2, 0) is 19.9 Å². The molecule has 164 valence electrons. The quantitative estimate of drug-likeness (QED) is 0.507. The fourth-order valence-electron chi connectivity index (χ4n) is 3.96. The van der Waals surface area contributed by atoms with E-state index in [0.717, 1.165) is 32.2 Å². The average Bonchev–Trinajstić information content (AvgIpc) is 3.27. The Morgan fingerprint density at radius 3 is 2.23 bits per heavy atom. The second-order valence-corrected chi connectivity index (χ2v) is 11.0. The SMILES string of the molecule is CS(=O)(=O)c1ccc(-c2ccc(C3CCNCC3)cc2)c(-c2nn[nH]n2)c1S(N)(=O)=O. The molecule has 31 heavy (non-hydrogen) atoms. The summed E-state index contributed by atoms with van der Waals surface area (Å²) < 4.78 is 49.6. The predicted octanol–water partition coefficient (Wildman–Crippen LogP) is 1.05. The van der Waals surface area contributed by atoms with E-state index in [4.69, 9.17) is 5.14 Å². The summed E-state index contributed by atoms with van der Waals surface area (Å²) in [6.45, 7) is 1.94. The van der Waals surface area contributed by atoms with Gasteiger partial charge in [0.05, 0.1) is 10.5 Å². The normalized spacial score (nSPS) is 15.8. The van der Waals surface area contributed by atoms with Crippen molar-refractivity contribution in [2.24, 2.45) is 5.14 Å². The monoisotopic (exact) mass is 462 g/mol. The highest BCUT2D eigenvalue weighted by Gasteiger charge is 2.30. The lowest BCUT2D eigenvalue weighted by molar-refractivity contribution is 0.460. The smallest absolute Gasteiger partial charge is 0.240 e. The van der Waals surface area contributed by atoms with E-state index in [1.165, 1.54) is 17.7 Å². The Morgan fingerprint density at radius 1 is 1.00 bits per heavy atom. The maximum atomic E-state index is 12.5. The van der Waals surface area contributed by atoms with Crippen LogP contribution in [0.1, 0.15) is 24.3 Å². The van der Waals surface area contributed by atoms with Gasteiger partial charge in [0.25, 0.3) is 0 Å². The first-order valence-electron chi connectivity index (χ1n) is 9.61. The molecule has 10 nitrogen and oxygen atoms in total. The van der Waals surface area contributed by atoms with E-state index in [0.29, 0.717) is 17.0 Å². The van der Waals surface area contributed by atoms with Crippen LogP contribution in [0, 0.1) is 0 Å². The molecule has 0 aliphatic carbocycles. The third kappa shape index (κ3) is 4.37. The zero-order valence-corrected chi connectivity index (χ0v) is 18.4. The van der Waals surface area contributed by atoms with Gasteiger partial charge in [0.1, 0.15) is 4.90 Å². The van der Waals surface area contributed by atoms with E-state index in [9.17, 15) is 16.8 Å². The number of H-pyrrole nitrogens is 1. The highest BCUT2D eigenvalue weighted by atomic mass is 32.2. The Bertz CT molecular complexity index is 1300. The first-order chi connectivity index (χ1) is 14.7. The van der Waals surface area contributed by atoms with Crippen molar-refractivity contribution in [2.75, 3.05) is 19.3 Å². The lowest BCUT2D eigenvalue weighted by atomic mass is 9.89.